The molecule has 0 spiro atoms. The minimum Gasteiger partial charge on any atom is -0.394 e. The quantitative estimate of drug-likeness (QED) is 0.566. The Bertz CT molecular complexity index is 312. The third-order valence-corrected chi connectivity index (χ3v) is 2.42. The maximum absolute atomic E-state index is 9.09. The van der Waals surface area contributed by atoms with Crippen LogP contribution in [0, 0.1) is 13.8 Å². The van der Waals surface area contributed by atoms with Crippen LogP contribution in [-0.2, 0) is 6.54 Å². The minimum absolute atomic E-state index is 0.190. The summed E-state index contributed by atoms with van der Waals surface area (Å²) < 4.78 is 1.99. The van der Waals surface area contributed by atoms with Crippen molar-refractivity contribution in [3.63, 3.8) is 0 Å². The second kappa shape index (κ2) is 6.62. The maximum atomic E-state index is 9.09. The maximum Gasteiger partial charge on any atom is 0.0894 e. The molecule has 0 amide bonds. The first-order chi connectivity index (χ1) is 7.63. The number of aromatic nitrogens is 2. The van der Waals surface area contributed by atoms with Crippen molar-refractivity contribution in [1.82, 2.24) is 15.1 Å². The molecule has 1 rings (SSSR count). The summed E-state index contributed by atoms with van der Waals surface area (Å²) in [5.74, 6) is 0. The Hall–Kier alpha value is -0.910. The molecular weight excluding hydrogens is 206 g/mol. The van der Waals surface area contributed by atoms with E-state index in [4.69, 9.17) is 10.2 Å². The van der Waals surface area contributed by atoms with Crippen LogP contribution in [0.4, 0.5) is 0 Å². The Morgan fingerprint density at radius 1 is 1.50 bits per heavy atom. The molecule has 0 radical (unpaired) electrons. The fourth-order valence-corrected chi connectivity index (χ4v) is 1.59. The molecule has 0 aromatic carbocycles. The van der Waals surface area contributed by atoms with E-state index >= 15 is 0 Å². The standard InChI is InChI=1S/C11H21N3O2/c1-9-6-10(2)14(13-9)5-3-4-12-7-11(16)8-15/h6,11-12,15-16H,3-5,7-8H2,1-2H3/t11-/m0/s1. The van der Waals surface area contributed by atoms with Crippen molar-refractivity contribution >= 4 is 0 Å². The average Bonchev–Trinajstić information content (AvgIpc) is 2.56. The van der Waals surface area contributed by atoms with E-state index in [2.05, 4.69) is 16.5 Å². The normalized spacial score (nSPS) is 13.0. The molecule has 0 aliphatic heterocycles. The summed E-state index contributed by atoms with van der Waals surface area (Å²) in [6.45, 7) is 5.97. The summed E-state index contributed by atoms with van der Waals surface area (Å²) in [5.41, 5.74) is 2.22. The van der Waals surface area contributed by atoms with Gasteiger partial charge in [-0.2, -0.15) is 5.10 Å². The predicted molar refractivity (Wildman–Crippen MR) is 62.3 cm³/mol. The van der Waals surface area contributed by atoms with Crippen LogP contribution in [0.5, 0.6) is 0 Å². The lowest BCUT2D eigenvalue weighted by molar-refractivity contribution is 0.0944. The Kier molecular flexibility index (Phi) is 5.45. The van der Waals surface area contributed by atoms with Gasteiger partial charge in [0.2, 0.25) is 0 Å². The first-order valence-corrected chi connectivity index (χ1v) is 5.64. The number of aliphatic hydroxyl groups excluding tert-OH is 2. The third kappa shape index (κ3) is 4.30. The molecular formula is C11H21N3O2. The average molecular weight is 227 g/mol. The molecule has 0 aliphatic rings. The Labute approximate surface area is 96.1 Å². The van der Waals surface area contributed by atoms with Crippen molar-refractivity contribution in [1.29, 1.82) is 0 Å². The van der Waals surface area contributed by atoms with Gasteiger partial charge in [-0.3, -0.25) is 4.68 Å². The molecule has 5 heteroatoms. The predicted octanol–water partition coefficient (Wildman–Crippen LogP) is -0.167. The lowest BCUT2D eigenvalue weighted by Gasteiger charge is -2.09. The first-order valence-electron chi connectivity index (χ1n) is 5.64. The second-order valence-electron chi connectivity index (χ2n) is 4.04. The Morgan fingerprint density at radius 2 is 2.25 bits per heavy atom. The topological polar surface area (TPSA) is 70.3 Å². The fourth-order valence-electron chi connectivity index (χ4n) is 1.59. The first kappa shape index (κ1) is 13.2. The van der Waals surface area contributed by atoms with E-state index in [1.807, 2.05) is 18.5 Å². The number of aliphatic hydroxyl groups is 2. The van der Waals surface area contributed by atoms with Gasteiger partial charge in [0.15, 0.2) is 0 Å². The highest BCUT2D eigenvalue weighted by Gasteiger charge is 2.01. The van der Waals surface area contributed by atoms with Crippen molar-refractivity contribution < 1.29 is 10.2 Å². The molecule has 0 unspecified atom stereocenters. The molecule has 1 aromatic rings. The molecule has 1 heterocycles. The second-order valence-corrected chi connectivity index (χ2v) is 4.04. The van der Waals surface area contributed by atoms with Gasteiger partial charge >= 0.3 is 0 Å². The Morgan fingerprint density at radius 3 is 2.81 bits per heavy atom. The van der Waals surface area contributed by atoms with Gasteiger partial charge in [-0.25, -0.2) is 0 Å². The van der Waals surface area contributed by atoms with Crippen molar-refractivity contribution in [3.05, 3.63) is 17.5 Å². The lowest BCUT2D eigenvalue weighted by atomic mass is 10.3. The van der Waals surface area contributed by atoms with Crippen LogP contribution in [0.1, 0.15) is 17.8 Å². The molecule has 0 saturated heterocycles. The van der Waals surface area contributed by atoms with E-state index in [-0.39, 0.29) is 6.61 Å². The van der Waals surface area contributed by atoms with E-state index in [9.17, 15) is 0 Å². The molecule has 1 atom stereocenters. The van der Waals surface area contributed by atoms with E-state index < -0.39 is 6.10 Å². The molecule has 0 fully saturated rings. The monoisotopic (exact) mass is 227 g/mol. The number of hydrogen-bond donors (Lipinski definition) is 3. The minimum atomic E-state index is -0.659. The van der Waals surface area contributed by atoms with Gasteiger partial charge < -0.3 is 15.5 Å². The number of aryl methyl sites for hydroxylation is 3. The van der Waals surface area contributed by atoms with Crippen LogP contribution in [0.2, 0.25) is 0 Å². The summed E-state index contributed by atoms with van der Waals surface area (Å²) in [5, 5.41) is 25.1. The zero-order chi connectivity index (χ0) is 12.0. The Balaban J connectivity index is 2.14. The number of nitrogens with zero attached hydrogens (tertiary/aromatic N) is 2. The fraction of sp³-hybridized carbons (Fsp3) is 0.727. The van der Waals surface area contributed by atoms with Crippen molar-refractivity contribution in [2.75, 3.05) is 19.7 Å². The van der Waals surface area contributed by atoms with E-state index in [0.29, 0.717) is 6.54 Å². The van der Waals surface area contributed by atoms with Crippen molar-refractivity contribution in [2.24, 2.45) is 0 Å². The number of nitrogens with one attached hydrogen (secondary N) is 1. The highest BCUT2D eigenvalue weighted by atomic mass is 16.3. The van der Waals surface area contributed by atoms with Gasteiger partial charge in [-0.05, 0) is 32.9 Å². The van der Waals surface area contributed by atoms with Crippen LogP contribution in [-0.4, -0.2) is 45.8 Å². The van der Waals surface area contributed by atoms with Crippen LogP contribution in [0.15, 0.2) is 6.07 Å². The van der Waals surface area contributed by atoms with Gasteiger partial charge in [-0.1, -0.05) is 0 Å². The van der Waals surface area contributed by atoms with Gasteiger partial charge in [-0.15, -0.1) is 0 Å². The smallest absolute Gasteiger partial charge is 0.0894 e. The highest BCUT2D eigenvalue weighted by molar-refractivity contribution is 5.06. The summed E-state index contributed by atoms with van der Waals surface area (Å²) in [4.78, 5) is 0. The van der Waals surface area contributed by atoms with Crippen LogP contribution < -0.4 is 5.32 Å². The molecule has 5 nitrogen and oxygen atoms in total. The van der Waals surface area contributed by atoms with Gasteiger partial charge in [0, 0.05) is 18.8 Å². The largest absolute Gasteiger partial charge is 0.394 e. The van der Waals surface area contributed by atoms with Gasteiger partial charge in [0.05, 0.1) is 18.4 Å². The summed E-state index contributed by atoms with van der Waals surface area (Å²) in [7, 11) is 0. The molecule has 0 bridgehead atoms. The lowest BCUT2D eigenvalue weighted by Crippen LogP contribution is -2.30. The van der Waals surface area contributed by atoms with E-state index in [1.54, 1.807) is 0 Å². The van der Waals surface area contributed by atoms with E-state index in [0.717, 1.165) is 25.2 Å². The highest BCUT2D eigenvalue weighted by Crippen LogP contribution is 2.02. The van der Waals surface area contributed by atoms with Gasteiger partial charge in [0.25, 0.3) is 0 Å². The zero-order valence-corrected chi connectivity index (χ0v) is 9.98. The van der Waals surface area contributed by atoms with Crippen molar-refractivity contribution in [2.45, 2.75) is 32.9 Å². The van der Waals surface area contributed by atoms with Crippen LogP contribution in [0.25, 0.3) is 0 Å². The molecule has 0 saturated carbocycles. The molecule has 1 aromatic heterocycles. The molecule has 16 heavy (non-hydrogen) atoms. The summed E-state index contributed by atoms with van der Waals surface area (Å²) >= 11 is 0. The third-order valence-electron chi connectivity index (χ3n) is 2.42. The van der Waals surface area contributed by atoms with E-state index in [1.165, 1.54) is 5.69 Å². The number of hydrogen-bond acceptors (Lipinski definition) is 4. The summed E-state index contributed by atoms with van der Waals surface area (Å²) in [6.07, 6.45) is 0.300. The van der Waals surface area contributed by atoms with Gasteiger partial charge in [0.1, 0.15) is 0 Å². The zero-order valence-electron chi connectivity index (χ0n) is 9.98. The van der Waals surface area contributed by atoms with Crippen molar-refractivity contribution in [3.8, 4) is 0 Å². The summed E-state index contributed by atoms with van der Waals surface area (Å²) in [6, 6.07) is 2.06. The molecule has 3 N–H and O–H groups in total. The molecule has 0 aliphatic carbocycles. The van der Waals surface area contributed by atoms with Crippen LogP contribution >= 0.6 is 0 Å². The number of rotatable bonds is 7. The molecule has 92 valence electrons. The SMILES string of the molecule is Cc1cc(C)n(CCCNC[C@H](O)CO)n1. The van der Waals surface area contributed by atoms with Crippen LogP contribution in [0.3, 0.4) is 0 Å².